The summed E-state index contributed by atoms with van der Waals surface area (Å²) >= 11 is 5.78. The molecular weight excluding hydrogens is 274 g/mol. The second kappa shape index (κ2) is 5.13. The number of nitrogens with two attached hydrogens (primary N) is 1. The molecule has 18 heavy (non-hydrogen) atoms. The molecule has 0 aliphatic heterocycles. The molecule has 0 spiro atoms. The summed E-state index contributed by atoms with van der Waals surface area (Å²) in [4.78, 5) is 3.98. The van der Waals surface area contributed by atoms with Gasteiger partial charge < -0.3 is 5.73 Å². The molecule has 1 aliphatic carbocycles. The third kappa shape index (κ3) is 3.00. The molecule has 100 valence electrons. The van der Waals surface area contributed by atoms with Crippen LogP contribution in [0, 0.1) is 12.8 Å². The van der Waals surface area contributed by atoms with E-state index in [0.717, 1.165) is 12.8 Å². The lowest BCUT2D eigenvalue weighted by atomic mass is 10.2. The Morgan fingerprint density at radius 3 is 2.78 bits per heavy atom. The summed E-state index contributed by atoms with van der Waals surface area (Å²) < 4.78 is 26.9. The minimum absolute atomic E-state index is 0.128. The molecule has 0 radical (unpaired) electrons. The van der Waals surface area contributed by atoms with Crippen LogP contribution in [0.3, 0.4) is 0 Å². The van der Waals surface area contributed by atoms with E-state index < -0.39 is 10.0 Å². The average Bonchev–Trinajstić information content (AvgIpc) is 3.13. The Bertz CT molecular complexity index is 543. The van der Waals surface area contributed by atoms with E-state index in [1.165, 1.54) is 12.3 Å². The van der Waals surface area contributed by atoms with Gasteiger partial charge in [-0.25, -0.2) is 18.1 Å². The first kappa shape index (κ1) is 13.7. The Morgan fingerprint density at radius 2 is 2.28 bits per heavy atom. The second-order valence-corrected chi connectivity index (χ2v) is 6.65. The zero-order chi connectivity index (χ0) is 13.3. The Hall–Kier alpha value is -0.690. The van der Waals surface area contributed by atoms with Gasteiger partial charge >= 0.3 is 0 Å². The molecule has 1 aromatic heterocycles. The molecule has 0 bridgehead atoms. The number of aryl methyl sites for hydroxylation is 1. The van der Waals surface area contributed by atoms with Crippen molar-refractivity contribution >= 4 is 21.6 Å². The van der Waals surface area contributed by atoms with Gasteiger partial charge in [0.2, 0.25) is 10.0 Å². The van der Waals surface area contributed by atoms with Crippen LogP contribution in [0.1, 0.15) is 18.4 Å². The molecule has 0 saturated heterocycles. The molecule has 1 heterocycles. The van der Waals surface area contributed by atoms with Crippen molar-refractivity contribution in [1.29, 1.82) is 0 Å². The molecule has 1 aromatic rings. The van der Waals surface area contributed by atoms with Crippen molar-refractivity contribution in [1.82, 2.24) is 9.71 Å². The van der Waals surface area contributed by atoms with Crippen molar-refractivity contribution in [3.05, 3.63) is 23.0 Å². The summed E-state index contributed by atoms with van der Waals surface area (Å²) in [5, 5.41) is 0.312. The van der Waals surface area contributed by atoms with E-state index in [0.29, 0.717) is 23.2 Å². The average molecular weight is 290 g/mol. The molecule has 1 fully saturated rings. The maximum atomic E-state index is 12.1. The molecule has 5 nitrogen and oxygen atoms in total. The first-order valence-electron chi connectivity index (χ1n) is 5.78. The van der Waals surface area contributed by atoms with E-state index in [-0.39, 0.29) is 10.9 Å². The summed E-state index contributed by atoms with van der Waals surface area (Å²) in [5.74, 6) is 0.367. The molecule has 1 atom stereocenters. The predicted molar refractivity (Wildman–Crippen MR) is 69.9 cm³/mol. The van der Waals surface area contributed by atoms with Gasteiger partial charge in [-0.15, -0.1) is 0 Å². The number of pyridine rings is 1. The van der Waals surface area contributed by atoms with E-state index in [1.54, 1.807) is 6.92 Å². The number of sulfonamides is 1. The first-order chi connectivity index (χ1) is 8.44. The van der Waals surface area contributed by atoms with Gasteiger partial charge in [0.25, 0.3) is 0 Å². The Kier molecular flexibility index (Phi) is 3.91. The molecule has 0 amide bonds. The smallest absolute Gasteiger partial charge is 0.242 e. The molecule has 1 aliphatic rings. The van der Waals surface area contributed by atoms with Gasteiger partial charge in [0.1, 0.15) is 10.0 Å². The van der Waals surface area contributed by atoms with E-state index in [2.05, 4.69) is 9.71 Å². The largest absolute Gasteiger partial charge is 0.329 e. The maximum absolute atomic E-state index is 12.1. The number of rotatable bonds is 5. The maximum Gasteiger partial charge on any atom is 0.242 e. The summed E-state index contributed by atoms with van der Waals surface area (Å²) in [6.45, 7) is 2.03. The van der Waals surface area contributed by atoms with Crippen LogP contribution >= 0.6 is 11.6 Å². The van der Waals surface area contributed by atoms with Crippen molar-refractivity contribution in [2.45, 2.75) is 30.7 Å². The zero-order valence-corrected chi connectivity index (χ0v) is 11.6. The highest BCUT2D eigenvalue weighted by molar-refractivity contribution is 7.89. The van der Waals surface area contributed by atoms with Crippen molar-refractivity contribution in [3.63, 3.8) is 0 Å². The molecule has 2 rings (SSSR count). The summed E-state index contributed by atoms with van der Waals surface area (Å²) in [5.41, 5.74) is 6.22. The quantitative estimate of drug-likeness (QED) is 0.794. The fourth-order valence-corrected chi connectivity index (χ4v) is 3.23. The number of aromatic nitrogens is 1. The lowest BCUT2D eigenvalue weighted by molar-refractivity contribution is 0.519. The number of hydrogen-bond donors (Lipinski definition) is 2. The third-order valence-electron chi connectivity index (χ3n) is 3.05. The van der Waals surface area contributed by atoms with Gasteiger partial charge in [-0.05, 0) is 37.3 Å². The van der Waals surface area contributed by atoms with E-state index in [1.807, 2.05) is 0 Å². The zero-order valence-electron chi connectivity index (χ0n) is 10.1. The summed E-state index contributed by atoms with van der Waals surface area (Å²) in [7, 11) is -3.57. The van der Waals surface area contributed by atoms with Crippen molar-refractivity contribution in [3.8, 4) is 0 Å². The monoisotopic (exact) mass is 289 g/mol. The summed E-state index contributed by atoms with van der Waals surface area (Å²) in [6, 6.07) is 1.32. The fourth-order valence-electron chi connectivity index (χ4n) is 1.78. The van der Waals surface area contributed by atoms with Crippen molar-refractivity contribution in [2.75, 3.05) is 6.54 Å². The van der Waals surface area contributed by atoms with Gasteiger partial charge in [-0.3, -0.25) is 0 Å². The van der Waals surface area contributed by atoms with Gasteiger partial charge in [-0.2, -0.15) is 0 Å². The van der Waals surface area contributed by atoms with Crippen LogP contribution in [0.4, 0.5) is 0 Å². The van der Waals surface area contributed by atoms with Crippen LogP contribution < -0.4 is 10.5 Å². The van der Waals surface area contributed by atoms with E-state index in [9.17, 15) is 8.42 Å². The second-order valence-electron chi connectivity index (χ2n) is 4.58. The van der Waals surface area contributed by atoms with Crippen LogP contribution in [-0.2, 0) is 10.0 Å². The number of hydrogen-bond acceptors (Lipinski definition) is 4. The molecule has 0 unspecified atom stereocenters. The van der Waals surface area contributed by atoms with Gasteiger partial charge in [-0.1, -0.05) is 11.6 Å². The highest BCUT2D eigenvalue weighted by atomic mass is 35.5. The normalized spacial score (nSPS) is 17.7. The fraction of sp³-hybridized carbons (Fsp3) is 0.545. The van der Waals surface area contributed by atoms with Gasteiger partial charge in [0.05, 0.1) is 0 Å². The number of nitrogens with one attached hydrogen (secondary N) is 1. The SMILES string of the molecule is Cc1cc(S(=O)(=O)N[C@H](CN)C2CC2)cnc1Cl. The first-order valence-corrected chi connectivity index (χ1v) is 7.64. The standard InChI is InChI=1S/C11H16ClN3O2S/c1-7-4-9(6-14-11(7)12)18(16,17)15-10(5-13)8-2-3-8/h4,6,8,10,15H,2-3,5,13H2,1H3/t10-/m1/s1. The molecular formula is C11H16ClN3O2S. The van der Waals surface area contributed by atoms with Crippen LogP contribution in [-0.4, -0.2) is 26.0 Å². The molecule has 1 saturated carbocycles. The van der Waals surface area contributed by atoms with E-state index in [4.69, 9.17) is 17.3 Å². The highest BCUT2D eigenvalue weighted by Gasteiger charge is 2.33. The predicted octanol–water partition coefficient (Wildman–Crippen LogP) is 1.06. The lowest BCUT2D eigenvalue weighted by Crippen LogP contribution is -2.41. The van der Waals surface area contributed by atoms with Crippen LogP contribution in [0.15, 0.2) is 17.2 Å². The summed E-state index contributed by atoms with van der Waals surface area (Å²) in [6.07, 6.45) is 3.32. The van der Waals surface area contributed by atoms with Crippen LogP contribution in [0.2, 0.25) is 5.15 Å². The minimum atomic E-state index is -3.57. The topological polar surface area (TPSA) is 85.1 Å². The van der Waals surface area contributed by atoms with Gasteiger partial charge in [0.15, 0.2) is 0 Å². The Labute approximate surface area is 112 Å². The Morgan fingerprint density at radius 1 is 1.61 bits per heavy atom. The lowest BCUT2D eigenvalue weighted by Gasteiger charge is -2.16. The van der Waals surface area contributed by atoms with Crippen molar-refractivity contribution in [2.24, 2.45) is 11.7 Å². The van der Waals surface area contributed by atoms with E-state index >= 15 is 0 Å². The number of halogens is 1. The van der Waals surface area contributed by atoms with Crippen molar-refractivity contribution < 1.29 is 8.42 Å². The third-order valence-corrected chi connectivity index (χ3v) is 4.90. The van der Waals surface area contributed by atoms with Crippen LogP contribution in [0.5, 0.6) is 0 Å². The van der Waals surface area contributed by atoms with Gasteiger partial charge in [0, 0.05) is 18.8 Å². The molecule has 3 N–H and O–H groups in total. The highest BCUT2D eigenvalue weighted by Crippen LogP contribution is 2.32. The Balaban J connectivity index is 2.21. The molecule has 0 aromatic carbocycles. The minimum Gasteiger partial charge on any atom is -0.329 e. The number of nitrogens with zero attached hydrogens (tertiary/aromatic N) is 1. The van der Waals surface area contributed by atoms with Crippen LogP contribution in [0.25, 0.3) is 0 Å². The molecule has 7 heteroatoms.